The standard InChI is InChI=1S/C17H26N2O3/c18-15(13-9-5-2-1-3-6-10-13)16(20)17(21)19-22-14-11-7-4-8-12-14/h4,7-8,11-13,15-16,20H,1-3,5-6,9-10,18H2,(H,19,21). The van der Waals surface area contributed by atoms with Crippen molar-refractivity contribution in [3.8, 4) is 5.75 Å². The van der Waals surface area contributed by atoms with Crippen LogP contribution < -0.4 is 16.1 Å². The third-order valence-electron chi connectivity index (χ3n) is 4.34. The van der Waals surface area contributed by atoms with Gasteiger partial charge in [0, 0.05) is 6.04 Å². The molecule has 4 N–H and O–H groups in total. The highest BCUT2D eigenvalue weighted by Crippen LogP contribution is 2.25. The lowest BCUT2D eigenvalue weighted by Gasteiger charge is -2.28. The van der Waals surface area contributed by atoms with Crippen molar-refractivity contribution in [3.05, 3.63) is 30.3 Å². The summed E-state index contributed by atoms with van der Waals surface area (Å²) in [6.07, 6.45) is 6.64. The highest BCUT2D eigenvalue weighted by atomic mass is 16.7. The molecule has 0 radical (unpaired) electrons. The minimum Gasteiger partial charge on any atom is -0.381 e. The zero-order chi connectivity index (χ0) is 15.8. The maximum Gasteiger partial charge on any atom is 0.283 e. The van der Waals surface area contributed by atoms with E-state index in [-0.39, 0.29) is 5.92 Å². The molecule has 1 aromatic rings. The van der Waals surface area contributed by atoms with Gasteiger partial charge in [0.15, 0.2) is 11.9 Å². The highest BCUT2D eigenvalue weighted by molar-refractivity contribution is 5.80. The van der Waals surface area contributed by atoms with Crippen molar-refractivity contribution in [2.24, 2.45) is 11.7 Å². The number of nitrogens with one attached hydrogen (secondary N) is 1. The molecule has 0 aromatic heterocycles. The number of para-hydroxylation sites is 1. The van der Waals surface area contributed by atoms with E-state index in [2.05, 4.69) is 5.48 Å². The fourth-order valence-corrected chi connectivity index (χ4v) is 2.96. The molecule has 2 rings (SSSR count). The molecule has 0 bridgehead atoms. The number of hydrogen-bond donors (Lipinski definition) is 3. The van der Waals surface area contributed by atoms with Crippen LogP contribution in [0.4, 0.5) is 0 Å². The molecule has 1 aliphatic carbocycles. The molecule has 122 valence electrons. The maximum absolute atomic E-state index is 12.0. The number of amides is 1. The second kappa shape index (κ2) is 8.76. The second-order valence-electron chi connectivity index (χ2n) is 6.01. The number of nitrogens with two attached hydrogens (primary N) is 1. The summed E-state index contributed by atoms with van der Waals surface area (Å²) in [5.74, 6) is 0.124. The van der Waals surface area contributed by atoms with Gasteiger partial charge in [-0.05, 0) is 30.9 Å². The number of carbonyl (C=O) groups excluding carboxylic acids is 1. The smallest absolute Gasteiger partial charge is 0.283 e. The molecule has 0 aliphatic heterocycles. The van der Waals surface area contributed by atoms with Crippen LogP contribution in [0.2, 0.25) is 0 Å². The van der Waals surface area contributed by atoms with Gasteiger partial charge in [0.25, 0.3) is 5.91 Å². The third-order valence-corrected chi connectivity index (χ3v) is 4.34. The Labute approximate surface area is 131 Å². The first-order valence-corrected chi connectivity index (χ1v) is 8.14. The van der Waals surface area contributed by atoms with Crippen LogP contribution in [0, 0.1) is 5.92 Å². The van der Waals surface area contributed by atoms with Crippen LogP contribution in [0.3, 0.4) is 0 Å². The molecule has 22 heavy (non-hydrogen) atoms. The quantitative estimate of drug-likeness (QED) is 0.728. The Balaban J connectivity index is 1.82. The first-order valence-electron chi connectivity index (χ1n) is 8.14. The Kier molecular flexibility index (Phi) is 6.68. The van der Waals surface area contributed by atoms with E-state index in [0.29, 0.717) is 5.75 Å². The van der Waals surface area contributed by atoms with Crippen LogP contribution in [-0.2, 0) is 4.79 Å². The molecule has 1 aromatic carbocycles. The molecule has 5 heteroatoms. The predicted octanol–water partition coefficient (Wildman–Crippen LogP) is 2.15. The summed E-state index contributed by atoms with van der Waals surface area (Å²) >= 11 is 0. The average molecular weight is 306 g/mol. The van der Waals surface area contributed by atoms with E-state index in [1.54, 1.807) is 24.3 Å². The zero-order valence-electron chi connectivity index (χ0n) is 12.9. The lowest BCUT2D eigenvalue weighted by Crippen LogP contribution is -2.50. The van der Waals surface area contributed by atoms with Crippen molar-refractivity contribution in [2.75, 3.05) is 0 Å². The van der Waals surface area contributed by atoms with Gasteiger partial charge in [0.1, 0.15) is 0 Å². The predicted molar refractivity (Wildman–Crippen MR) is 85.0 cm³/mol. The molecule has 0 saturated heterocycles. The molecule has 5 nitrogen and oxygen atoms in total. The third kappa shape index (κ3) is 5.00. The van der Waals surface area contributed by atoms with Crippen LogP contribution in [0.1, 0.15) is 44.9 Å². The summed E-state index contributed by atoms with van der Waals surface area (Å²) in [6, 6.07) is 8.37. The van der Waals surface area contributed by atoms with Crippen LogP contribution in [0.15, 0.2) is 30.3 Å². The lowest BCUT2D eigenvalue weighted by atomic mass is 9.84. The van der Waals surface area contributed by atoms with Gasteiger partial charge in [0.2, 0.25) is 0 Å². The summed E-state index contributed by atoms with van der Waals surface area (Å²) in [4.78, 5) is 17.1. The SMILES string of the molecule is NC(C1CCCCCCC1)C(O)C(=O)NOc1ccccc1. The van der Waals surface area contributed by atoms with E-state index in [1.807, 2.05) is 6.07 Å². The summed E-state index contributed by atoms with van der Waals surface area (Å²) in [7, 11) is 0. The van der Waals surface area contributed by atoms with E-state index in [9.17, 15) is 9.90 Å². The summed E-state index contributed by atoms with van der Waals surface area (Å²) in [5, 5.41) is 10.2. The van der Waals surface area contributed by atoms with Gasteiger partial charge in [-0.1, -0.05) is 50.3 Å². The largest absolute Gasteiger partial charge is 0.381 e. The summed E-state index contributed by atoms with van der Waals surface area (Å²) in [6.45, 7) is 0. The first-order chi connectivity index (χ1) is 10.7. The number of carbonyl (C=O) groups is 1. The Morgan fingerprint density at radius 1 is 1.14 bits per heavy atom. The van der Waals surface area contributed by atoms with Gasteiger partial charge in [-0.15, -0.1) is 0 Å². The topological polar surface area (TPSA) is 84.6 Å². The number of aliphatic hydroxyl groups excluding tert-OH is 1. The number of rotatable bonds is 5. The van der Waals surface area contributed by atoms with Crippen molar-refractivity contribution >= 4 is 5.91 Å². The van der Waals surface area contributed by atoms with Gasteiger partial charge < -0.3 is 15.7 Å². The Bertz CT molecular complexity index is 444. The summed E-state index contributed by atoms with van der Waals surface area (Å²) in [5.41, 5.74) is 8.39. The molecule has 1 aliphatic rings. The number of aliphatic hydroxyl groups is 1. The van der Waals surface area contributed by atoms with Crippen molar-refractivity contribution in [1.29, 1.82) is 0 Å². The minimum atomic E-state index is -1.24. The number of benzene rings is 1. The Morgan fingerprint density at radius 2 is 1.73 bits per heavy atom. The molecular formula is C17H26N2O3. The molecule has 1 saturated carbocycles. The van der Waals surface area contributed by atoms with Crippen molar-refractivity contribution < 1.29 is 14.7 Å². The normalized spacial score (nSPS) is 19.5. The molecule has 2 unspecified atom stereocenters. The minimum absolute atomic E-state index is 0.192. The van der Waals surface area contributed by atoms with Crippen LogP contribution in [-0.4, -0.2) is 23.2 Å². The monoisotopic (exact) mass is 306 g/mol. The molecule has 1 fully saturated rings. The van der Waals surface area contributed by atoms with Crippen LogP contribution in [0.25, 0.3) is 0 Å². The average Bonchev–Trinajstić information content (AvgIpc) is 2.52. The van der Waals surface area contributed by atoms with Crippen LogP contribution in [0.5, 0.6) is 5.75 Å². The van der Waals surface area contributed by atoms with Gasteiger partial charge >= 0.3 is 0 Å². The van der Waals surface area contributed by atoms with Crippen molar-refractivity contribution in [3.63, 3.8) is 0 Å². The van der Waals surface area contributed by atoms with Crippen molar-refractivity contribution in [2.45, 2.75) is 57.1 Å². The van der Waals surface area contributed by atoms with Crippen LogP contribution >= 0.6 is 0 Å². The van der Waals surface area contributed by atoms with E-state index in [0.717, 1.165) is 25.7 Å². The van der Waals surface area contributed by atoms with E-state index in [4.69, 9.17) is 10.6 Å². The fraction of sp³-hybridized carbons (Fsp3) is 0.588. The van der Waals surface area contributed by atoms with E-state index < -0.39 is 18.1 Å². The number of hydrogen-bond acceptors (Lipinski definition) is 4. The van der Waals surface area contributed by atoms with Crippen molar-refractivity contribution in [1.82, 2.24) is 5.48 Å². The molecule has 1 amide bonds. The molecular weight excluding hydrogens is 280 g/mol. The highest BCUT2D eigenvalue weighted by Gasteiger charge is 2.30. The van der Waals surface area contributed by atoms with Gasteiger partial charge in [-0.3, -0.25) is 4.79 Å². The van der Waals surface area contributed by atoms with E-state index in [1.165, 1.54) is 19.3 Å². The lowest BCUT2D eigenvalue weighted by molar-refractivity contribution is -0.138. The summed E-state index contributed by atoms with van der Waals surface area (Å²) < 4.78 is 0. The van der Waals surface area contributed by atoms with E-state index >= 15 is 0 Å². The second-order valence-corrected chi connectivity index (χ2v) is 6.01. The molecule has 0 heterocycles. The Hall–Kier alpha value is -1.59. The Morgan fingerprint density at radius 3 is 2.36 bits per heavy atom. The zero-order valence-corrected chi connectivity index (χ0v) is 12.9. The maximum atomic E-state index is 12.0. The molecule has 0 spiro atoms. The van der Waals surface area contributed by atoms with Gasteiger partial charge in [-0.25, -0.2) is 0 Å². The van der Waals surface area contributed by atoms with Gasteiger partial charge in [0.05, 0.1) is 0 Å². The van der Waals surface area contributed by atoms with Gasteiger partial charge in [-0.2, -0.15) is 5.48 Å². The number of hydroxylamine groups is 1. The molecule has 2 atom stereocenters. The fourth-order valence-electron chi connectivity index (χ4n) is 2.96. The first kappa shape index (κ1) is 16.8.